The van der Waals surface area contributed by atoms with Crippen molar-refractivity contribution in [3.05, 3.63) is 47.0 Å². The van der Waals surface area contributed by atoms with Gasteiger partial charge in [-0.1, -0.05) is 50.5 Å². The van der Waals surface area contributed by atoms with Crippen LogP contribution in [0.25, 0.3) is 0 Å². The van der Waals surface area contributed by atoms with Gasteiger partial charge in [-0.15, -0.1) is 0 Å². The maximum absolute atomic E-state index is 14.8. The van der Waals surface area contributed by atoms with E-state index in [2.05, 4.69) is 19.1 Å². The largest absolute Gasteiger partial charge is 0.385 e. The molecule has 2 saturated carbocycles. The number of methoxy groups -OCH3 is 1. The van der Waals surface area contributed by atoms with Crippen LogP contribution in [-0.2, 0) is 11.2 Å². The molecule has 3 heteroatoms. The molecule has 1 nitrogen and oxygen atoms in total. The molecule has 0 aliphatic heterocycles. The summed E-state index contributed by atoms with van der Waals surface area (Å²) in [5, 5.41) is 0. The summed E-state index contributed by atoms with van der Waals surface area (Å²) in [6.07, 6.45) is 20.7. The lowest BCUT2D eigenvalue weighted by Crippen LogP contribution is -2.15. The van der Waals surface area contributed by atoms with Gasteiger partial charge in [0, 0.05) is 13.7 Å². The van der Waals surface area contributed by atoms with Crippen molar-refractivity contribution in [1.29, 1.82) is 0 Å². The Bertz CT molecular complexity index is 697. The van der Waals surface area contributed by atoms with Gasteiger partial charge >= 0.3 is 0 Å². The van der Waals surface area contributed by atoms with E-state index in [0.717, 1.165) is 63.4 Å². The van der Waals surface area contributed by atoms with Gasteiger partial charge in [0.25, 0.3) is 0 Å². The lowest BCUT2D eigenvalue weighted by atomic mass is 9.76. The third-order valence-electron chi connectivity index (χ3n) is 7.94. The van der Waals surface area contributed by atoms with Crippen LogP contribution in [0.2, 0.25) is 0 Å². The zero-order valence-corrected chi connectivity index (χ0v) is 20.4. The van der Waals surface area contributed by atoms with Gasteiger partial charge in [0.1, 0.15) is 0 Å². The van der Waals surface area contributed by atoms with Crippen LogP contribution in [0.3, 0.4) is 0 Å². The molecule has 1 aromatic carbocycles. The van der Waals surface area contributed by atoms with E-state index >= 15 is 0 Å². The molecule has 1 aromatic rings. The van der Waals surface area contributed by atoms with Crippen molar-refractivity contribution >= 4 is 0 Å². The van der Waals surface area contributed by atoms with Crippen molar-refractivity contribution in [2.45, 2.75) is 103 Å². The van der Waals surface area contributed by atoms with Crippen LogP contribution in [0.15, 0.2) is 24.3 Å². The van der Waals surface area contributed by atoms with Gasteiger partial charge in [0.15, 0.2) is 11.6 Å². The quantitative estimate of drug-likeness (QED) is 0.244. The first-order valence-corrected chi connectivity index (χ1v) is 13.3. The van der Waals surface area contributed by atoms with Crippen LogP contribution >= 0.6 is 0 Å². The van der Waals surface area contributed by atoms with Crippen LogP contribution in [-0.4, -0.2) is 13.7 Å². The Kier molecular flexibility index (Phi) is 10.7. The van der Waals surface area contributed by atoms with Crippen LogP contribution < -0.4 is 0 Å². The number of hydrogen-bond donors (Lipinski definition) is 0. The van der Waals surface area contributed by atoms with Crippen molar-refractivity contribution in [3.8, 4) is 0 Å². The maximum atomic E-state index is 14.8. The lowest BCUT2D eigenvalue weighted by Gasteiger charge is -2.29. The zero-order chi connectivity index (χ0) is 22.8. The number of aryl methyl sites for hydroxylation is 1. The van der Waals surface area contributed by atoms with Crippen molar-refractivity contribution in [1.82, 2.24) is 0 Å². The molecule has 0 amide bonds. The summed E-state index contributed by atoms with van der Waals surface area (Å²) in [6, 6.07) is 3.68. The highest BCUT2D eigenvalue weighted by molar-refractivity contribution is 5.29. The molecule has 0 N–H and O–H groups in total. The highest BCUT2D eigenvalue weighted by Crippen LogP contribution is 2.39. The fourth-order valence-corrected chi connectivity index (χ4v) is 5.87. The molecule has 0 spiro atoms. The predicted molar refractivity (Wildman–Crippen MR) is 130 cm³/mol. The predicted octanol–water partition coefficient (Wildman–Crippen LogP) is 8.76. The van der Waals surface area contributed by atoms with E-state index in [1.807, 2.05) is 12.1 Å². The Balaban J connectivity index is 1.45. The summed E-state index contributed by atoms with van der Waals surface area (Å²) in [5.41, 5.74) is 1.12. The van der Waals surface area contributed by atoms with Crippen LogP contribution in [0.1, 0.15) is 107 Å². The van der Waals surface area contributed by atoms with Gasteiger partial charge in [-0.2, -0.15) is 0 Å². The van der Waals surface area contributed by atoms with Crippen molar-refractivity contribution < 1.29 is 13.5 Å². The molecular weight excluding hydrogens is 402 g/mol. The fourth-order valence-electron chi connectivity index (χ4n) is 5.87. The topological polar surface area (TPSA) is 9.23 Å². The zero-order valence-electron chi connectivity index (χ0n) is 20.4. The number of allylic oxidation sites excluding steroid dienone is 2. The molecule has 0 unspecified atom stereocenters. The first-order valence-electron chi connectivity index (χ1n) is 13.3. The monoisotopic (exact) mass is 446 g/mol. The van der Waals surface area contributed by atoms with E-state index in [4.69, 9.17) is 4.74 Å². The number of unbranched alkanes of at least 4 members (excludes halogenated alkanes) is 2. The minimum absolute atomic E-state index is 0.161. The van der Waals surface area contributed by atoms with E-state index in [1.165, 1.54) is 38.5 Å². The Morgan fingerprint density at radius 2 is 1.50 bits per heavy atom. The number of ether oxygens (including phenoxy) is 1. The van der Waals surface area contributed by atoms with Crippen LogP contribution in [0, 0.1) is 29.4 Å². The van der Waals surface area contributed by atoms with Gasteiger partial charge in [-0.05, 0) is 105 Å². The summed E-state index contributed by atoms with van der Waals surface area (Å²) < 4.78 is 34.5. The Labute approximate surface area is 195 Å². The van der Waals surface area contributed by atoms with Crippen LogP contribution in [0.4, 0.5) is 8.78 Å². The summed E-state index contributed by atoms with van der Waals surface area (Å²) in [6.45, 7) is 3.02. The highest BCUT2D eigenvalue weighted by Gasteiger charge is 2.26. The van der Waals surface area contributed by atoms with E-state index in [0.29, 0.717) is 23.5 Å². The molecule has 0 aromatic heterocycles. The second-order valence-corrected chi connectivity index (χ2v) is 10.3. The molecule has 0 saturated heterocycles. The Hall–Kier alpha value is -1.22. The van der Waals surface area contributed by atoms with E-state index in [1.54, 1.807) is 7.11 Å². The second-order valence-electron chi connectivity index (χ2n) is 10.3. The van der Waals surface area contributed by atoms with Crippen molar-refractivity contribution in [2.24, 2.45) is 17.8 Å². The van der Waals surface area contributed by atoms with Gasteiger partial charge in [0.2, 0.25) is 0 Å². The van der Waals surface area contributed by atoms with Gasteiger partial charge in [-0.25, -0.2) is 8.78 Å². The van der Waals surface area contributed by atoms with Gasteiger partial charge in [-0.3, -0.25) is 0 Å². The molecule has 0 radical (unpaired) electrons. The van der Waals surface area contributed by atoms with Gasteiger partial charge < -0.3 is 4.74 Å². The SMILES string of the molecule is CCCC1CCC(/C=C/C2CCC(c3ccc(CCCCCOC)c(F)c3F)CC2)CC1. The molecule has 0 atom stereocenters. The minimum Gasteiger partial charge on any atom is -0.385 e. The molecule has 32 heavy (non-hydrogen) atoms. The molecule has 2 aliphatic carbocycles. The Morgan fingerprint density at radius 3 is 2.12 bits per heavy atom. The van der Waals surface area contributed by atoms with E-state index in [9.17, 15) is 8.78 Å². The van der Waals surface area contributed by atoms with E-state index in [-0.39, 0.29) is 5.92 Å². The molecule has 3 rings (SSSR count). The number of hydrogen-bond acceptors (Lipinski definition) is 1. The summed E-state index contributed by atoms with van der Waals surface area (Å²) in [5.74, 6) is 1.28. The lowest BCUT2D eigenvalue weighted by molar-refractivity contribution is 0.192. The second kappa shape index (κ2) is 13.5. The third-order valence-corrected chi connectivity index (χ3v) is 7.94. The van der Waals surface area contributed by atoms with E-state index < -0.39 is 11.6 Å². The smallest absolute Gasteiger partial charge is 0.162 e. The number of rotatable bonds is 11. The fraction of sp³-hybridized carbons (Fsp3) is 0.724. The summed E-state index contributed by atoms with van der Waals surface area (Å²) >= 11 is 0. The number of benzene rings is 1. The number of halogens is 2. The standard InChI is InChI=1S/C29H44F2O/c1-3-7-22-9-11-23(12-10-22)13-14-24-15-17-25(18-16-24)27-20-19-26(28(30)29(27)31)8-5-4-6-21-32-2/h13-14,19-20,22-25H,3-12,15-18,21H2,1-2H3/b14-13+. The van der Waals surface area contributed by atoms with Crippen LogP contribution in [0.5, 0.6) is 0 Å². The van der Waals surface area contributed by atoms with Crippen molar-refractivity contribution in [2.75, 3.05) is 13.7 Å². The normalized spacial score (nSPS) is 26.6. The molecule has 0 heterocycles. The summed E-state index contributed by atoms with van der Waals surface area (Å²) in [4.78, 5) is 0. The highest BCUT2D eigenvalue weighted by atomic mass is 19.2. The average molecular weight is 447 g/mol. The van der Waals surface area contributed by atoms with Crippen molar-refractivity contribution in [3.63, 3.8) is 0 Å². The summed E-state index contributed by atoms with van der Waals surface area (Å²) in [7, 11) is 1.69. The maximum Gasteiger partial charge on any atom is 0.162 e. The first kappa shape index (κ1) is 25.4. The molecule has 180 valence electrons. The molecule has 2 aliphatic rings. The average Bonchev–Trinajstić information content (AvgIpc) is 2.82. The minimum atomic E-state index is -0.616. The molecular formula is C29H44F2O. The molecule has 0 bridgehead atoms. The van der Waals surface area contributed by atoms with Gasteiger partial charge in [0.05, 0.1) is 0 Å². The Morgan fingerprint density at radius 1 is 0.844 bits per heavy atom. The first-order chi connectivity index (χ1) is 15.6. The third kappa shape index (κ3) is 7.40. The molecule has 2 fully saturated rings.